The molecular weight excluding hydrogens is 280 g/mol. The third kappa shape index (κ3) is 3.27. The van der Waals surface area contributed by atoms with Crippen molar-refractivity contribution < 1.29 is 13.3 Å². The van der Waals surface area contributed by atoms with Gasteiger partial charge in [0.2, 0.25) is 0 Å². The predicted molar refractivity (Wildman–Crippen MR) is 76.6 cm³/mol. The highest BCUT2D eigenvalue weighted by molar-refractivity contribution is 7.90. The van der Waals surface area contributed by atoms with Gasteiger partial charge in [0.15, 0.2) is 9.84 Å². The first kappa shape index (κ1) is 14.8. The molecule has 7 heteroatoms. The highest BCUT2D eigenvalue weighted by atomic mass is 32.2. The smallest absolute Gasteiger partial charge is 0.310 e. The van der Waals surface area contributed by atoms with E-state index in [1.54, 1.807) is 6.07 Å². The molecule has 110 valence electrons. The van der Waals surface area contributed by atoms with E-state index in [2.05, 4.69) is 12.2 Å². The lowest BCUT2D eigenvalue weighted by atomic mass is 10.1. The molecule has 0 aliphatic heterocycles. The van der Waals surface area contributed by atoms with E-state index >= 15 is 0 Å². The summed E-state index contributed by atoms with van der Waals surface area (Å²) in [5.74, 6) is 1.11. The van der Waals surface area contributed by atoms with Crippen LogP contribution in [0.4, 0.5) is 11.4 Å². The molecule has 0 heterocycles. The van der Waals surface area contributed by atoms with E-state index < -0.39 is 14.8 Å². The van der Waals surface area contributed by atoms with Crippen LogP contribution in [0.25, 0.3) is 0 Å². The molecule has 1 aromatic carbocycles. The molecule has 2 rings (SSSR count). The van der Waals surface area contributed by atoms with E-state index in [1.807, 2.05) is 0 Å². The topological polar surface area (TPSA) is 89.3 Å². The molecule has 1 saturated carbocycles. The molecule has 6 nitrogen and oxygen atoms in total. The van der Waals surface area contributed by atoms with Crippen LogP contribution >= 0.6 is 0 Å². The van der Waals surface area contributed by atoms with Gasteiger partial charge in [0.05, 0.1) is 4.92 Å². The van der Waals surface area contributed by atoms with Gasteiger partial charge in [-0.05, 0) is 36.8 Å². The molecule has 0 radical (unpaired) electrons. The number of para-hydroxylation sites is 1. The number of hydrogen-bond acceptors (Lipinski definition) is 5. The maximum absolute atomic E-state index is 11.6. The fourth-order valence-electron chi connectivity index (χ4n) is 2.26. The predicted octanol–water partition coefficient (Wildman–Crippen LogP) is 2.46. The standard InChI is InChI=1S/C13H18N2O4S/c1-9(10-6-7-10)8-14-11-4-3-5-12(20(2,18)19)13(11)15(16)17/h3-5,9-10,14H,6-8H2,1-2H3. The van der Waals surface area contributed by atoms with Crippen molar-refractivity contribution in [3.8, 4) is 0 Å². The van der Waals surface area contributed by atoms with Gasteiger partial charge >= 0.3 is 5.69 Å². The van der Waals surface area contributed by atoms with Gasteiger partial charge in [-0.1, -0.05) is 13.0 Å². The Bertz CT molecular complexity index is 623. The fourth-order valence-corrected chi connectivity index (χ4v) is 3.12. The monoisotopic (exact) mass is 298 g/mol. The first-order valence-electron chi connectivity index (χ1n) is 6.52. The Morgan fingerprint density at radius 3 is 2.60 bits per heavy atom. The van der Waals surface area contributed by atoms with Crippen LogP contribution < -0.4 is 5.32 Å². The van der Waals surface area contributed by atoms with Gasteiger partial charge in [-0.25, -0.2) is 8.42 Å². The summed E-state index contributed by atoms with van der Waals surface area (Å²) < 4.78 is 23.3. The molecule has 1 aromatic rings. The van der Waals surface area contributed by atoms with Crippen molar-refractivity contribution in [2.75, 3.05) is 18.1 Å². The number of nitrogens with zero attached hydrogens (tertiary/aromatic N) is 1. The lowest BCUT2D eigenvalue weighted by molar-refractivity contribution is -0.386. The molecular formula is C13H18N2O4S. The van der Waals surface area contributed by atoms with Gasteiger partial charge < -0.3 is 5.32 Å². The Kier molecular flexibility index (Phi) is 3.99. The van der Waals surface area contributed by atoms with E-state index in [0.717, 1.165) is 6.26 Å². The first-order valence-corrected chi connectivity index (χ1v) is 8.41. The van der Waals surface area contributed by atoms with Crippen molar-refractivity contribution in [3.63, 3.8) is 0 Å². The van der Waals surface area contributed by atoms with Crippen LogP contribution in [0.15, 0.2) is 23.1 Å². The van der Waals surface area contributed by atoms with Crippen molar-refractivity contribution in [2.24, 2.45) is 11.8 Å². The number of sulfone groups is 1. The highest BCUT2D eigenvalue weighted by Crippen LogP contribution is 2.37. The highest BCUT2D eigenvalue weighted by Gasteiger charge is 2.29. The summed E-state index contributed by atoms with van der Waals surface area (Å²) in [5.41, 5.74) is -0.0941. The van der Waals surface area contributed by atoms with Crippen LogP contribution in [0.2, 0.25) is 0 Å². The number of hydrogen-bond donors (Lipinski definition) is 1. The zero-order chi connectivity index (χ0) is 14.9. The second-order valence-electron chi connectivity index (χ2n) is 5.38. The summed E-state index contributed by atoms with van der Waals surface area (Å²) in [4.78, 5) is 10.3. The van der Waals surface area contributed by atoms with Crippen LogP contribution in [-0.2, 0) is 9.84 Å². The molecule has 0 spiro atoms. The van der Waals surface area contributed by atoms with Gasteiger partial charge in [0.25, 0.3) is 0 Å². The summed E-state index contributed by atoms with van der Waals surface area (Å²) in [6.07, 6.45) is 3.38. The minimum absolute atomic E-state index is 0.244. The van der Waals surface area contributed by atoms with Gasteiger partial charge in [-0.2, -0.15) is 0 Å². The summed E-state index contributed by atoms with van der Waals surface area (Å²) in [6.45, 7) is 2.70. The van der Waals surface area contributed by atoms with Crippen molar-refractivity contribution in [1.82, 2.24) is 0 Å². The quantitative estimate of drug-likeness (QED) is 0.643. The molecule has 1 aliphatic rings. The third-order valence-electron chi connectivity index (χ3n) is 3.62. The van der Waals surface area contributed by atoms with Gasteiger partial charge in [-0.15, -0.1) is 0 Å². The molecule has 1 fully saturated rings. The average molecular weight is 298 g/mol. The molecule has 1 unspecified atom stereocenters. The molecule has 1 atom stereocenters. The Balaban J connectivity index is 2.29. The van der Waals surface area contributed by atoms with Gasteiger partial charge in [-0.3, -0.25) is 10.1 Å². The normalized spacial score (nSPS) is 16.7. The first-order chi connectivity index (χ1) is 9.30. The van der Waals surface area contributed by atoms with Gasteiger partial charge in [0, 0.05) is 12.8 Å². The number of nitrogens with one attached hydrogen (secondary N) is 1. The van der Waals surface area contributed by atoms with E-state index in [1.165, 1.54) is 25.0 Å². The van der Waals surface area contributed by atoms with E-state index in [0.29, 0.717) is 18.4 Å². The number of nitro groups is 1. The summed E-state index contributed by atoms with van der Waals surface area (Å²) >= 11 is 0. The fraction of sp³-hybridized carbons (Fsp3) is 0.538. The molecule has 0 amide bonds. The Hall–Kier alpha value is -1.63. The van der Waals surface area contributed by atoms with Crippen LogP contribution in [0.3, 0.4) is 0 Å². The van der Waals surface area contributed by atoms with E-state index in [9.17, 15) is 18.5 Å². The minimum atomic E-state index is -3.63. The SMILES string of the molecule is CC(CNc1cccc(S(C)(=O)=O)c1[N+](=O)[O-])C1CC1. The van der Waals surface area contributed by atoms with Crippen LogP contribution in [0.1, 0.15) is 19.8 Å². The van der Waals surface area contributed by atoms with Crippen LogP contribution in [0.5, 0.6) is 0 Å². The van der Waals surface area contributed by atoms with Crippen LogP contribution in [-0.4, -0.2) is 26.1 Å². The number of benzene rings is 1. The second kappa shape index (κ2) is 5.40. The van der Waals surface area contributed by atoms with E-state index in [4.69, 9.17) is 0 Å². The minimum Gasteiger partial charge on any atom is -0.379 e. The van der Waals surface area contributed by atoms with Gasteiger partial charge in [0.1, 0.15) is 10.6 Å². The van der Waals surface area contributed by atoms with Crippen molar-refractivity contribution in [3.05, 3.63) is 28.3 Å². The molecule has 20 heavy (non-hydrogen) atoms. The molecule has 0 bridgehead atoms. The lowest BCUT2D eigenvalue weighted by Crippen LogP contribution is -2.14. The Morgan fingerprint density at radius 2 is 2.10 bits per heavy atom. The molecule has 0 aromatic heterocycles. The zero-order valence-corrected chi connectivity index (χ0v) is 12.3. The van der Waals surface area contributed by atoms with Crippen molar-refractivity contribution in [2.45, 2.75) is 24.7 Å². The average Bonchev–Trinajstić information content (AvgIpc) is 3.18. The zero-order valence-electron chi connectivity index (χ0n) is 11.5. The van der Waals surface area contributed by atoms with Crippen LogP contribution in [0, 0.1) is 22.0 Å². The second-order valence-corrected chi connectivity index (χ2v) is 7.36. The number of nitro benzene ring substituents is 1. The largest absolute Gasteiger partial charge is 0.379 e. The third-order valence-corrected chi connectivity index (χ3v) is 4.75. The number of rotatable bonds is 6. The summed E-state index contributed by atoms with van der Waals surface area (Å²) in [6, 6.07) is 4.34. The summed E-state index contributed by atoms with van der Waals surface area (Å²) in [5, 5.41) is 14.2. The lowest BCUT2D eigenvalue weighted by Gasteiger charge is -2.13. The molecule has 0 saturated heterocycles. The molecule has 1 N–H and O–H groups in total. The van der Waals surface area contributed by atoms with Crippen molar-refractivity contribution in [1.29, 1.82) is 0 Å². The maximum Gasteiger partial charge on any atom is 0.310 e. The Morgan fingerprint density at radius 1 is 1.45 bits per heavy atom. The molecule has 1 aliphatic carbocycles. The number of anilines is 1. The van der Waals surface area contributed by atoms with Crippen molar-refractivity contribution >= 4 is 21.2 Å². The maximum atomic E-state index is 11.6. The summed E-state index contributed by atoms with van der Waals surface area (Å²) in [7, 11) is -3.63. The Labute approximate surface area is 118 Å². The van der Waals surface area contributed by atoms with E-state index in [-0.39, 0.29) is 16.3 Å².